The predicted octanol–water partition coefficient (Wildman–Crippen LogP) is 2.27. The molecule has 0 aliphatic heterocycles. The molecule has 19 heavy (non-hydrogen) atoms. The second kappa shape index (κ2) is 9.07. The summed E-state index contributed by atoms with van der Waals surface area (Å²) in [6, 6.07) is -1.04. The zero-order valence-corrected chi connectivity index (χ0v) is 13.3. The van der Waals surface area contributed by atoms with Gasteiger partial charge in [-0.25, -0.2) is 9.59 Å². The minimum absolute atomic E-state index is 0.0981. The van der Waals surface area contributed by atoms with E-state index >= 15 is 0 Å². The lowest BCUT2D eigenvalue weighted by atomic mass is 10.0. The number of carboxylic acids is 1. The number of amides is 2. The molecule has 0 spiro atoms. The first-order valence-electron chi connectivity index (χ1n) is 6.54. The van der Waals surface area contributed by atoms with Crippen LogP contribution in [0.2, 0.25) is 0 Å². The molecule has 0 radical (unpaired) electrons. The average Bonchev–Trinajstić information content (AvgIpc) is 2.33. The van der Waals surface area contributed by atoms with E-state index < -0.39 is 12.0 Å². The Hall–Kier alpha value is -0.910. The van der Waals surface area contributed by atoms with Crippen molar-refractivity contribution in [3.05, 3.63) is 0 Å². The van der Waals surface area contributed by atoms with Gasteiger partial charge in [-0.2, -0.15) is 11.8 Å². The van der Waals surface area contributed by atoms with Crippen LogP contribution < -0.4 is 5.32 Å². The maximum Gasteiger partial charge on any atom is 0.326 e. The molecule has 0 rings (SSSR count). The summed E-state index contributed by atoms with van der Waals surface area (Å²) in [5.41, 5.74) is 0. The summed E-state index contributed by atoms with van der Waals surface area (Å²) >= 11 is 1.73. The Morgan fingerprint density at radius 1 is 1.32 bits per heavy atom. The highest BCUT2D eigenvalue weighted by Crippen LogP contribution is 2.09. The molecule has 0 saturated carbocycles. The Balaban J connectivity index is 4.42. The van der Waals surface area contributed by atoms with E-state index in [1.54, 1.807) is 23.7 Å². The number of urea groups is 1. The first-order valence-corrected chi connectivity index (χ1v) is 7.94. The molecule has 0 aromatic carbocycles. The van der Waals surface area contributed by atoms with Crippen LogP contribution in [0.3, 0.4) is 0 Å². The van der Waals surface area contributed by atoms with E-state index in [9.17, 15) is 9.59 Å². The normalized spacial score (nSPS) is 14.0. The van der Waals surface area contributed by atoms with Crippen molar-refractivity contribution in [2.24, 2.45) is 5.92 Å². The van der Waals surface area contributed by atoms with E-state index in [1.165, 1.54) is 0 Å². The fourth-order valence-electron chi connectivity index (χ4n) is 1.63. The van der Waals surface area contributed by atoms with Gasteiger partial charge in [-0.15, -0.1) is 0 Å². The molecular weight excluding hydrogens is 264 g/mol. The molecule has 0 aromatic heterocycles. The van der Waals surface area contributed by atoms with Gasteiger partial charge in [0.2, 0.25) is 0 Å². The monoisotopic (exact) mass is 290 g/mol. The molecular formula is C13H26N2O3S. The van der Waals surface area contributed by atoms with E-state index in [2.05, 4.69) is 5.32 Å². The van der Waals surface area contributed by atoms with Gasteiger partial charge in [0, 0.05) is 13.1 Å². The van der Waals surface area contributed by atoms with Crippen molar-refractivity contribution >= 4 is 23.8 Å². The molecule has 0 fully saturated rings. The molecule has 0 saturated heterocycles. The molecule has 112 valence electrons. The lowest BCUT2D eigenvalue weighted by molar-refractivity contribution is -0.139. The van der Waals surface area contributed by atoms with Crippen LogP contribution in [0, 0.1) is 5.92 Å². The van der Waals surface area contributed by atoms with E-state index in [0.29, 0.717) is 6.42 Å². The molecule has 6 heteroatoms. The van der Waals surface area contributed by atoms with E-state index in [4.69, 9.17) is 5.11 Å². The van der Waals surface area contributed by atoms with Crippen LogP contribution in [0.4, 0.5) is 4.79 Å². The first kappa shape index (κ1) is 18.1. The third kappa shape index (κ3) is 7.30. The van der Waals surface area contributed by atoms with Crippen LogP contribution in [0.5, 0.6) is 0 Å². The zero-order chi connectivity index (χ0) is 15.0. The van der Waals surface area contributed by atoms with Crippen molar-refractivity contribution < 1.29 is 14.7 Å². The second-order valence-electron chi connectivity index (χ2n) is 5.21. The second-order valence-corrected chi connectivity index (χ2v) is 6.20. The zero-order valence-electron chi connectivity index (χ0n) is 12.5. The number of rotatable bonds is 8. The van der Waals surface area contributed by atoms with Gasteiger partial charge in [-0.05, 0) is 37.7 Å². The number of carbonyl (C=O) groups is 2. The predicted molar refractivity (Wildman–Crippen MR) is 79.6 cm³/mol. The maximum absolute atomic E-state index is 12.0. The molecule has 2 N–H and O–H groups in total. The van der Waals surface area contributed by atoms with Gasteiger partial charge < -0.3 is 15.3 Å². The van der Waals surface area contributed by atoms with Gasteiger partial charge >= 0.3 is 12.0 Å². The van der Waals surface area contributed by atoms with Gasteiger partial charge in [-0.3, -0.25) is 0 Å². The Morgan fingerprint density at radius 2 is 1.89 bits per heavy atom. The van der Waals surface area contributed by atoms with Crippen LogP contribution in [0.15, 0.2) is 0 Å². The molecule has 0 aliphatic carbocycles. The largest absolute Gasteiger partial charge is 0.480 e. The van der Waals surface area contributed by atoms with Crippen LogP contribution in [-0.2, 0) is 4.79 Å². The smallest absolute Gasteiger partial charge is 0.326 e. The lowest BCUT2D eigenvalue weighted by Crippen LogP contribution is -2.49. The SMILES string of the molecule is CSCCC(C)N(C)C(=O)N[C@H](CC(C)C)C(=O)O. The van der Waals surface area contributed by atoms with Crippen molar-refractivity contribution in [3.63, 3.8) is 0 Å². The highest BCUT2D eigenvalue weighted by molar-refractivity contribution is 7.98. The number of carbonyl (C=O) groups excluding carboxylic acids is 1. The minimum Gasteiger partial charge on any atom is -0.480 e. The number of nitrogens with zero attached hydrogens (tertiary/aromatic N) is 1. The number of carboxylic acid groups (broad SMARTS) is 1. The number of hydrogen-bond acceptors (Lipinski definition) is 3. The Labute approximate surface area is 120 Å². The van der Waals surface area contributed by atoms with E-state index in [1.807, 2.05) is 27.0 Å². The van der Waals surface area contributed by atoms with Gasteiger partial charge in [0.25, 0.3) is 0 Å². The van der Waals surface area contributed by atoms with Crippen molar-refractivity contribution in [1.29, 1.82) is 0 Å². The van der Waals surface area contributed by atoms with E-state index in [0.717, 1.165) is 12.2 Å². The molecule has 0 heterocycles. The molecule has 5 nitrogen and oxygen atoms in total. The standard InChI is InChI=1S/C13H26N2O3S/c1-9(2)8-11(12(16)17)14-13(18)15(4)10(3)6-7-19-5/h9-11H,6-8H2,1-5H3,(H,14,18)(H,16,17)/t10?,11-/m1/s1. The minimum atomic E-state index is -0.979. The summed E-state index contributed by atoms with van der Waals surface area (Å²) in [6.07, 6.45) is 3.36. The summed E-state index contributed by atoms with van der Waals surface area (Å²) in [5, 5.41) is 11.7. The van der Waals surface area contributed by atoms with Crippen LogP contribution in [0.25, 0.3) is 0 Å². The molecule has 2 amide bonds. The lowest BCUT2D eigenvalue weighted by Gasteiger charge is -2.27. The van der Waals surface area contributed by atoms with Crippen molar-refractivity contribution in [2.45, 2.75) is 45.7 Å². The Bertz CT molecular complexity index is 298. The molecule has 0 aliphatic rings. The van der Waals surface area contributed by atoms with Crippen molar-refractivity contribution in [1.82, 2.24) is 10.2 Å². The number of aliphatic carboxylic acids is 1. The molecule has 1 unspecified atom stereocenters. The third-order valence-corrected chi connectivity index (χ3v) is 3.67. The highest BCUT2D eigenvalue weighted by atomic mass is 32.2. The summed E-state index contributed by atoms with van der Waals surface area (Å²) in [6.45, 7) is 5.84. The summed E-state index contributed by atoms with van der Waals surface area (Å²) < 4.78 is 0. The summed E-state index contributed by atoms with van der Waals surface area (Å²) in [5.74, 6) is 0.223. The quantitative estimate of drug-likeness (QED) is 0.719. The van der Waals surface area contributed by atoms with Gasteiger partial charge in [0.1, 0.15) is 6.04 Å². The van der Waals surface area contributed by atoms with Gasteiger partial charge in [0.15, 0.2) is 0 Å². The first-order chi connectivity index (χ1) is 8.79. The molecule has 2 atom stereocenters. The Morgan fingerprint density at radius 3 is 2.32 bits per heavy atom. The third-order valence-electron chi connectivity index (χ3n) is 3.02. The fourth-order valence-corrected chi connectivity index (χ4v) is 2.20. The maximum atomic E-state index is 12.0. The molecule has 0 aromatic rings. The summed E-state index contributed by atoms with van der Waals surface area (Å²) in [7, 11) is 1.70. The number of thioether (sulfide) groups is 1. The number of hydrogen-bond donors (Lipinski definition) is 2. The Kier molecular flexibility index (Phi) is 8.63. The van der Waals surface area contributed by atoms with Gasteiger partial charge in [-0.1, -0.05) is 13.8 Å². The fraction of sp³-hybridized carbons (Fsp3) is 0.846. The topological polar surface area (TPSA) is 69.6 Å². The van der Waals surface area contributed by atoms with E-state index in [-0.39, 0.29) is 18.0 Å². The highest BCUT2D eigenvalue weighted by Gasteiger charge is 2.24. The van der Waals surface area contributed by atoms with Gasteiger partial charge in [0.05, 0.1) is 0 Å². The summed E-state index contributed by atoms with van der Waals surface area (Å²) in [4.78, 5) is 24.7. The molecule has 0 bridgehead atoms. The average molecular weight is 290 g/mol. The number of nitrogens with one attached hydrogen (secondary N) is 1. The van der Waals surface area contributed by atoms with Crippen LogP contribution in [0.1, 0.15) is 33.6 Å². The van der Waals surface area contributed by atoms with Crippen LogP contribution >= 0.6 is 11.8 Å². The van der Waals surface area contributed by atoms with Crippen LogP contribution in [-0.4, -0.2) is 53.1 Å². The van der Waals surface area contributed by atoms with Crippen molar-refractivity contribution in [3.8, 4) is 0 Å². The van der Waals surface area contributed by atoms with Crippen molar-refractivity contribution in [2.75, 3.05) is 19.1 Å².